The average Bonchev–Trinajstić information content (AvgIpc) is 2.82. The highest BCUT2D eigenvalue weighted by atomic mass is 16.2. The van der Waals surface area contributed by atoms with Crippen LogP contribution in [0.15, 0.2) is 18.2 Å². The molecule has 1 saturated heterocycles. The first kappa shape index (κ1) is 11.6. The second-order valence-corrected chi connectivity index (χ2v) is 4.50. The van der Waals surface area contributed by atoms with E-state index in [1.54, 1.807) is 12.1 Å². The second-order valence-electron chi connectivity index (χ2n) is 4.50. The third-order valence-corrected chi connectivity index (χ3v) is 3.36. The quantitative estimate of drug-likeness (QED) is 0.617. The number of rotatable bonds is 2. The van der Waals surface area contributed by atoms with E-state index < -0.39 is 5.92 Å². The van der Waals surface area contributed by atoms with Gasteiger partial charge in [0.05, 0.1) is 11.6 Å². The number of H-pyrrole nitrogens is 1. The van der Waals surface area contributed by atoms with Crippen molar-refractivity contribution in [3.63, 3.8) is 0 Å². The van der Waals surface area contributed by atoms with Gasteiger partial charge in [-0.25, -0.2) is 0 Å². The molecule has 0 radical (unpaired) electrons. The lowest BCUT2D eigenvalue weighted by Gasteiger charge is -2.19. The molecule has 2 amide bonds. The number of nitrogens with zero attached hydrogens (tertiary/aromatic N) is 1. The van der Waals surface area contributed by atoms with Crippen LogP contribution in [-0.2, 0) is 9.59 Å². The number of hydrogen-bond donors (Lipinski definition) is 2. The second kappa shape index (κ2) is 4.31. The maximum absolute atomic E-state index is 11.9. The number of piperidine rings is 1. The van der Waals surface area contributed by atoms with E-state index in [0.29, 0.717) is 29.6 Å². The standard InChI is InChI=1S/C13H11N3O3/c17-6-7-2-1-3-8-11(7)15-16-12(8)9-4-5-10(18)14-13(9)19/h1-3,6,9H,4-5H2,(H,15,16)(H,14,18,19). The van der Waals surface area contributed by atoms with Gasteiger partial charge in [0, 0.05) is 17.4 Å². The molecule has 1 aromatic heterocycles. The minimum Gasteiger partial charge on any atom is -0.298 e. The van der Waals surface area contributed by atoms with E-state index in [4.69, 9.17) is 0 Å². The molecule has 1 aliphatic heterocycles. The molecule has 0 aliphatic carbocycles. The Morgan fingerprint density at radius 3 is 2.89 bits per heavy atom. The van der Waals surface area contributed by atoms with Gasteiger partial charge in [-0.05, 0) is 12.5 Å². The van der Waals surface area contributed by atoms with E-state index in [1.807, 2.05) is 6.07 Å². The number of amides is 2. The third kappa shape index (κ3) is 1.81. The summed E-state index contributed by atoms with van der Waals surface area (Å²) in [5.74, 6) is -0.999. The van der Waals surface area contributed by atoms with Crippen molar-refractivity contribution in [3.05, 3.63) is 29.5 Å². The molecule has 19 heavy (non-hydrogen) atoms. The highest BCUT2D eigenvalue weighted by Crippen LogP contribution is 2.29. The Labute approximate surface area is 108 Å². The van der Waals surface area contributed by atoms with Crippen molar-refractivity contribution in [1.82, 2.24) is 15.5 Å². The predicted octanol–water partition coefficient (Wildman–Crippen LogP) is 0.896. The maximum Gasteiger partial charge on any atom is 0.235 e. The summed E-state index contributed by atoms with van der Waals surface area (Å²) in [6.07, 6.45) is 1.50. The summed E-state index contributed by atoms with van der Waals surface area (Å²) in [5.41, 5.74) is 1.69. The summed E-state index contributed by atoms with van der Waals surface area (Å²) in [6, 6.07) is 5.23. The van der Waals surface area contributed by atoms with Gasteiger partial charge in [0.1, 0.15) is 5.52 Å². The Hall–Kier alpha value is -2.50. The van der Waals surface area contributed by atoms with Crippen LogP contribution in [0.2, 0.25) is 0 Å². The van der Waals surface area contributed by atoms with E-state index in [2.05, 4.69) is 15.5 Å². The molecule has 0 spiro atoms. The van der Waals surface area contributed by atoms with Crippen LogP contribution >= 0.6 is 0 Å². The molecule has 1 aromatic carbocycles. The number of imide groups is 1. The minimum absolute atomic E-state index is 0.251. The van der Waals surface area contributed by atoms with Gasteiger partial charge in [0.15, 0.2) is 6.29 Å². The van der Waals surface area contributed by atoms with Gasteiger partial charge in [-0.3, -0.25) is 24.8 Å². The summed E-state index contributed by atoms with van der Waals surface area (Å²) < 4.78 is 0. The van der Waals surface area contributed by atoms with Gasteiger partial charge in [-0.1, -0.05) is 12.1 Å². The highest BCUT2D eigenvalue weighted by molar-refractivity contribution is 6.04. The van der Waals surface area contributed by atoms with Gasteiger partial charge in [-0.2, -0.15) is 5.10 Å². The van der Waals surface area contributed by atoms with Crippen molar-refractivity contribution in [2.45, 2.75) is 18.8 Å². The number of benzene rings is 1. The van der Waals surface area contributed by atoms with Gasteiger partial charge in [0.2, 0.25) is 11.8 Å². The number of aromatic amines is 1. The first-order valence-electron chi connectivity index (χ1n) is 5.96. The molecule has 0 bridgehead atoms. The van der Waals surface area contributed by atoms with Crippen molar-refractivity contribution in [3.8, 4) is 0 Å². The fraction of sp³-hybridized carbons (Fsp3) is 0.231. The normalized spacial score (nSPS) is 19.5. The Morgan fingerprint density at radius 1 is 1.32 bits per heavy atom. The average molecular weight is 257 g/mol. The van der Waals surface area contributed by atoms with Crippen molar-refractivity contribution < 1.29 is 14.4 Å². The zero-order valence-corrected chi connectivity index (χ0v) is 9.97. The lowest BCUT2D eigenvalue weighted by atomic mass is 9.92. The molecule has 2 heterocycles. The monoisotopic (exact) mass is 257 g/mol. The zero-order chi connectivity index (χ0) is 13.4. The van der Waals surface area contributed by atoms with Crippen molar-refractivity contribution in [2.75, 3.05) is 0 Å². The Morgan fingerprint density at radius 2 is 2.16 bits per heavy atom. The van der Waals surface area contributed by atoms with Crippen LogP contribution in [0.3, 0.4) is 0 Å². The summed E-state index contributed by atoms with van der Waals surface area (Å²) in [6.45, 7) is 0. The van der Waals surface area contributed by atoms with Crippen LogP contribution in [0.4, 0.5) is 0 Å². The fourth-order valence-corrected chi connectivity index (χ4v) is 2.41. The third-order valence-electron chi connectivity index (χ3n) is 3.36. The molecule has 0 saturated carbocycles. The Balaban J connectivity index is 2.09. The van der Waals surface area contributed by atoms with Crippen LogP contribution < -0.4 is 5.32 Å². The molecule has 1 fully saturated rings. The molecule has 1 atom stereocenters. The molecule has 2 N–H and O–H groups in total. The number of para-hydroxylation sites is 1. The summed E-state index contributed by atoms with van der Waals surface area (Å²) in [7, 11) is 0. The number of carbonyl (C=O) groups is 3. The Kier molecular flexibility index (Phi) is 2.63. The van der Waals surface area contributed by atoms with Crippen LogP contribution in [0.1, 0.15) is 34.8 Å². The first-order valence-corrected chi connectivity index (χ1v) is 5.96. The minimum atomic E-state index is -0.426. The first-order chi connectivity index (χ1) is 9.20. The number of nitrogens with one attached hydrogen (secondary N) is 2. The molecule has 6 heteroatoms. The van der Waals surface area contributed by atoms with Gasteiger partial charge >= 0.3 is 0 Å². The summed E-state index contributed by atoms with van der Waals surface area (Å²) in [5, 5.41) is 9.98. The lowest BCUT2D eigenvalue weighted by Crippen LogP contribution is -2.39. The largest absolute Gasteiger partial charge is 0.298 e. The van der Waals surface area contributed by atoms with Crippen molar-refractivity contribution in [2.24, 2.45) is 0 Å². The smallest absolute Gasteiger partial charge is 0.235 e. The van der Waals surface area contributed by atoms with E-state index in [0.717, 1.165) is 11.7 Å². The van der Waals surface area contributed by atoms with E-state index in [9.17, 15) is 14.4 Å². The van der Waals surface area contributed by atoms with Crippen LogP contribution in [0.5, 0.6) is 0 Å². The topological polar surface area (TPSA) is 91.9 Å². The number of aromatic nitrogens is 2. The number of carbonyl (C=O) groups excluding carboxylic acids is 3. The van der Waals surface area contributed by atoms with Crippen LogP contribution in [0.25, 0.3) is 10.9 Å². The van der Waals surface area contributed by atoms with Crippen molar-refractivity contribution in [1.29, 1.82) is 0 Å². The number of fused-ring (bicyclic) bond motifs is 1. The maximum atomic E-state index is 11.9. The lowest BCUT2D eigenvalue weighted by molar-refractivity contribution is -0.134. The van der Waals surface area contributed by atoms with Gasteiger partial charge < -0.3 is 0 Å². The Bertz CT molecular complexity index is 689. The van der Waals surface area contributed by atoms with E-state index >= 15 is 0 Å². The van der Waals surface area contributed by atoms with Crippen molar-refractivity contribution >= 4 is 29.0 Å². The predicted molar refractivity (Wildman–Crippen MR) is 66.6 cm³/mol. The van der Waals surface area contributed by atoms with Gasteiger partial charge in [0.25, 0.3) is 0 Å². The summed E-state index contributed by atoms with van der Waals surface area (Å²) in [4.78, 5) is 33.9. The number of aldehydes is 1. The molecule has 1 unspecified atom stereocenters. The highest BCUT2D eigenvalue weighted by Gasteiger charge is 2.30. The molecular weight excluding hydrogens is 246 g/mol. The fourth-order valence-electron chi connectivity index (χ4n) is 2.41. The van der Waals surface area contributed by atoms with E-state index in [-0.39, 0.29) is 11.8 Å². The zero-order valence-electron chi connectivity index (χ0n) is 9.97. The SMILES string of the molecule is O=Cc1cccc2c(C3CCC(=O)NC3=O)[nH]nc12. The molecule has 6 nitrogen and oxygen atoms in total. The molecule has 1 aliphatic rings. The number of hydrogen-bond acceptors (Lipinski definition) is 4. The molecular formula is C13H11N3O3. The van der Waals surface area contributed by atoms with Crippen LogP contribution in [-0.4, -0.2) is 28.3 Å². The van der Waals surface area contributed by atoms with E-state index in [1.165, 1.54) is 0 Å². The van der Waals surface area contributed by atoms with Gasteiger partial charge in [-0.15, -0.1) is 0 Å². The van der Waals surface area contributed by atoms with Crippen LogP contribution in [0, 0.1) is 0 Å². The molecule has 3 rings (SSSR count). The summed E-state index contributed by atoms with van der Waals surface area (Å²) >= 11 is 0. The molecule has 2 aromatic rings. The molecule has 96 valence electrons.